The summed E-state index contributed by atoms with van der Waals surface area (Å²) in [5, 5.41) is 8.10. The molecule has 0 aliphatic carbocycles. The molecule has 0 saturated heterocycles. The maximum Gasteiger partial charge on any atom is 0.223 e. The molecule has 2 N–H and O–H groups in total. The van der Waals surface area contributed by atoms with Crippen LogP contribution in [-0.4, -0.2) is 23.4 Å². The molecule has 1 aliphatic heterocycles. The highest BCUT2D eigenvalue weighted by Crippen LogP contribution is 2.36. The summed E-state index contributed by atoms with van der Waals surface area (Å²) in [5.41, 5.74) is 2.67. The molecule has 1 atom stereocenters. The number of carbonyl (C=O) groups is 2. The molecule has 1 aliphatic rings. The van der Waals surface area contributed by atoms with Crippen molar-refractivity contribution in [1.29, 1.82) is 0 Å². The number of hydrogen-bond acceptors (Lipinski definition) is 5. The number of benzene rings is 1. The summed E-state index contributed by atoms with van der Waals surface area (Å²) in [6, 6.07) is 5.77. The van der Waals surface area contributed by atoms with E-state index in [2.05, 4.69) is 15.6 Å². The van der Waals surface area contributed by atoms with Gasteiger partial charge in [0.2, 0.25) is 11.8 Å². The summed E-state index contributed by atoms with van der Waals surface area (Å²) in [6.45, 7) is 3.55. The van der Waals surface area contributed by atoms with Crippen LogP contribution in [0.15, 0.2) is 23.6 Å². The highest BCUT2D eigenvalue weighted by atomic mass is 32.1. The summed E-state index contributed by atoms with van der Waals surface area (Å²) in [7, 11) is 0. The zero-order valence-corrected chi connectivity index (χ0v) is 13.7. The number of anilines is 1. The normalized spacial score (nSPS) is 16.2. The van der Waals surface area contributed by atoms with Crippen LogP contribution in [0.2, 0.25) is 0 Å². The molecular weight excluding hydrogens is 314 g/mol. The van der Waals surface area contributed by atoms with Crippen molar-refractivity contribution in [1.82, 2.24) is 10.3 Å². The van der Waals surface area contributed by atoms with E-state index in [1.807, 2.05) is 23.6 Å². The van der Waals surface area contributed by atoms with E-state index in [0.717, 1.165) is 29.0 Å². The van der Waals surface area contributed by atoms with Crippen molar-refractivity contribution in [3.63, 3.8) is 0 Å². The number of aromatic nitrogens is 1. The lowest BCUT2D eigenvalue weighted by atomic mass is 9.97. The van der Waals surface area contributed by atoms with Gasteiger partial charge in [0, 0.05) is 36.8 Å². The van der Waals surface area contributed by atoms with Crippen LogP contribution in [0.4, 0.5) is 5.13 Å². The predicted octanol–water partition coefficient (Wildman–Crippen LogP) is 2.73. The van der Waals surface area contributed by atoms with Gasteiger partial charge in [0.1, 0.15) is 5.75 Å². The summed E-state index contributed by atoms with van der Waals surface area (Å²) in [5.74, 6) is 0.585. The molecule has 1 unspecified atom stereocenters. The first kappa shape index (κ1) is 15.5. The largest absolute Gasteiger partial charge is 0.493 e. The second-order valence-electron chi connectivity index (χ2n) is 5.36. The summed E-state index contributed by atoms with van der Waals surface area (Å²) in [6.07, 6.45) is 0.740. The highest BCUT2D eigenvalue weighted by Gasteiger charge is 2.23. The molecule has 23 heavy (non-hydrogen) atoms. The number of ether oxygens (including phenoxy) is 1. The molecule has 120 valence electrons. The molecule has 6 nitrogen and oxygen atoms in total. The van der Waals surface area contributed by atoms with Crippen LogP contribution in [-0.2, 0) is 9.59 Å². The number of hydrogen-bond donors (Lipinski definition) is 2. The van der Waals surface area contributed by atoms with Crippen LogP contribution in [0.1, 0.15) is 31.9 Å². The quantitative estimate of drug-likeness (QED) is 0.906. The van der Waals surface area contributed by atoms with Crippen LogP contribution in [0.3, 0.4) is 0 Å². The van der Waals surface area contributed by atoms with E-state index in [9.17, 15) is 9.59 Å². The first-order chi connectivity index (χ1) is 11.0. The van der Waals surface area contributed by atoms with Crippen LogP contribution >= 0.6 is 11.3 Å². The molecule has 0 saturated carbocycles. The van der Waals surface area contributed by atoms with Crippen molar-refractivity contribution in [2.75, 3.05) is 11.9 Å². The standard InChI is InChI=1S/C16H17N3O3S/c1-9(20)17-13-5-6-22-15-4-3-11(7-12(13)15)14-8-23-16(19-14)18-10(2)21/h3-4,7-8,13H,5-6H2,1-2H3,(H,17,20)(H,18,19,21). The van der Waals surface area contributed by atoms with Gasteiger partial charge in [-0.1, -0.05) is 0 Å². The molecule has 0 spiro atoms. The summed E-state index contributed by atoms with van der Waals surface area (Å²) < 4.78 is 5.66. The van der Waals surface area contributed by atoms with Crippen molar-refractivity contribution in [3.8, 4) is 17.0 Å². The fourth-order valence-electron chi connectivity index (χ4n) is 2.56. The molecule has 2 heterocycles. The molecule has 0 radical (unpaired) electrons. The van der Waals surface area contributed by atoms with Crippen LogP contribution in [0, 0.1) is 0 Å². The van der Waals surface area contributed by atoms with Crippen molar-refractivity contribution < 1.29 is 14.3 Å². The van der Waals surface area contributed by atoms with Gasteiger partial charge in [-0.15, -0.1) is 11.3 Å². The lowest BCUT2D eigenvalue weighted by molar-refractivity contribution is -0.120. The average Bonchev–Trinajstić information content (AvgIpc) is 2.94. The van der Waals surface area contributed by atoms with E-state index < -0.39 is 0 Å². The van der Waals surface area contributed by atoms with Crippen molar-refractivity contribution in [2.45, 2.75) is 26.3 Å². The van der Waals surface area contributed by atoms with E-state index in [1.165, 1.54) is 25.2 Å². The van der Waals surface area contributed by atoms with Gasteiger partial charge in [0.25, 0.3) is 0 Å². The molecule has 7 heteroatoms. The molecule has 0 fully saturated rings. The van der Waals surface area contributed by atoms with Crippen LogP contribution in [0.5, 0.6) is 5.75 Å². The van der Waals surface area contributed by atoms with E-state index in [4.69, 9.17) is 4.74 Å². The molecule has 1 aromatic heterocycles. The Morgan fingerprint density at radius 3 is 2.87 bits per heavy atom. The van der Waals surface area contributed by atoms with Gasteiger partial charge in [-0.3, -0.25) is 9.59 Å². The van der Waals surface area contributed by atoms with Crippen molar-refractivity contribution in [2.24, 2.45) is 0 Å². The Morgan fingerprint density at radius 2 is 2.13 bits per heavy atom. The Kier molecular flexibility index (Phi) is 4.29. The van der Waals surface area contributed by atoms with E-state index >= 15 is 0 Å². The van der Waals surface area contributed by atoms with Gasteiger partial charge in [0.15, 0.2) is 5.13 Å². The fourth-order valence-corrected chi connectivity index (χ4v) is 3.33. The van der Waals surface area contributed by atoms with Crippen molar-refractivity contribution in [3.05, 3.63) is 29.1 Å². The predicted molar refractivity (Wildman–Crippen MR) is 88.5 cm³/mol. The first-order valence-electron chi connectivity index (χ1n) is 7.30. The minimum atomic E-state index is -0.143. The number of nitrogens with one attached hydrogen (secondary N) is 2. The summed E-state index contributed by atoms with van der Waals surface area (Å²) in [4.78, 5) is 26.9. The number of amides is 2. The average molecular weight is 331 g/mol. The summed E-state index contributed by atoms with van der Waals surface area (Å²) >= 11 is 1.38. The minimum absolute atomic E-state index is 0.0512. The van der Waals surface area contributed by atoms with Crippen LogP contribution in [0.25, 0.3) is 11.3 Å². The van der Waals surface area contributed by atoms with Crippen LogP contribution < -0.4 is 15.4 Å². The van der Waals surface area contributed by atoms with Gasteiger partial charge in [-0.2, -0.15) is 0 Å². The third-order valence-electron chi connectivity index (χ3n) is 3.51. The molecule has 3 rings (SSSR count). The maximum atomic E-state index is 11.4. The monoisotopic (exact) mass is 331 g/mol. The maximum absolute atomic E-state index is 11.4. The third kappa shape index (κ3) is 3.50. The molecule has 1 aromatic carbocycles. The lowest BCUT2D eigenvalue weighted by Gasteiger charge is -2.26. The van der Waals surface area contributed by atoms with Gasteiger partial charge < -0.3 is 15.4 Å². The lowest BCUT2D eigenvalue weighted by Crippen LogP contribution is -2.30. The second-order valence-corrected chi connectivity index (χ2v) is 6.22. The number of nitrogens with zero attached hydrogens (tertiary/aromatic N) is 1. The van der Waals surface area contributed by atoms with E-state index in [-0.39, 0.29) is 17.9 Å². The SMILES string of the molecule is CC(=O)Nc1nc(-c2ccc3c(c2)C(NC(C)=O)CCO3)cs1. The number of rotatable bonds is 3. The Morgan fingerprint density at radius 1 is 1.30 bits per heavy atom. The third-order valence-corrected chi connectivity index (χ3v) is 4.27. The molecule has 2 aromatic rings. The smallest absolute Gasteiger partial charge is 0.223 e. The minimum Gasteiger partial charge on any atom is -0.493 e. The fraction of sp³-hybridized carbons (Fsp3) is 0.312. The Labute approximate surface area is 137 Å². The van der Waals surface area contributed by atoms with Gasteiger partial charge in [0.05, 0.1) is 18.3 Å². The van der Waals surface area contributed by atoms with Crippen molar-refractivity contribution >= 4 is 28.3 Å². The van der Waals surface area contributed by atoms with E-state index in [1.54, 1.807) is 0 Å². The molecule has 2 amide bonds. The highest BCUT2D eigenvalue weighted by molar-refractivity contribution is 7.14. The van der Waals surface area contributed by atoms with Gasteiger partial charge in [-0.25, -0.2) is 4.98 Å². The van der Waals surface area contributed by atoms with Gasteiger partial charge >= 0.3 is 0 Å². The second kappa shape index (κ2) is 6.37. The van der Waals surface area contributed by atoms with Gasteiger partial charge in [-0.05, 0) is 18.2 Å². The zero-order valence-electron chi connectivity index (χ0n) is 12.9. The molecular formula is C16H17N3O3S. The Bertz CT molecular complexity index is 757. The number of thiazole rings is 1. The Hall–Kier alpha value is -2.41. The zero-order chi connectivity index (χ0) is 16.4. The topological polar surface area (TPSA) is 80.3 Å². The first-order valence-corrected chi connectivity index (χ1v) is 8.18. The number of fused-ring (bicyclic) bond motifs is 1. The molecule has 0 bridgehead atoms. The van der Waals surface area contributed by atoms with E-state index in [0.29, 0.717) is 11.7 Å². The Balaban J connectivity index is 1.91. The number of carbonyl (C=O) groups excluding carboxylic acids is 2.